The van der Waals surface area contributed by atoms with E-state index in [2.05, 4.69) is 4.98 Å². The lowest BCUT2D eigenvalue weighted by molar-refractivity contribution is -0.384. The second kappa shape index (κ2) is 4.10. The van der Waals surface area contributed by atoms with E-state index in [9.17, 15) is 10.1 Å². The molecule has 1 aromatic carbocycles. The van der Waals surface area contributed by atoms with Gasteiger partial charge in [-0.1, -0.05) is 6.07 Å². The SMILES string of the molecule is Cc1cc(-c2ccccn2)cc([N+](=O)[O-])c1. The molecular formula is C12H10N2O2. The zero-order valence-corrected chi connectivity index (χ0v) is 8.75. The van der Waals surface area contributed by atoms with Crippen LogP contribution >= 0.6 is 0 Å². The topological polar surface area (TPSA) is 56.0 Å². The number of hydrogen-bond donors (Lipinski definition) is 0. The summed E-state index contributed by atoms with van der Waals surface area (Å²) in [6.07, 6.45) is 1.67. The van der Waals surface area contributed by atoms with Crippen LogP contribution in [-0.4, -0.2) is 9.91 Å². The van der Waals surface area contributed by atoms with Gasteiger partial charge in [0, 0.05) is 23.9 Å². The molecule has 16 heavy (non-hydrogen) atoms. The van der Waals surface area contributed by atoms with Crippen LogP contribution < -0.4 is 0 Å². The molecule has 2 rings (SSSR count). The molecule has 0 saturated heterocycles. The van der Waals surface area contributed by atoms with Crippen LogP contribution in [0.2, 0.25) is 0 Å². The van der Waals surface area contributed by atoms with Crippen molar-refractivity contribution in [3.63, 3.8) is 0 Å². The highest BCUT2D eigenvalue weighted by atomic mass is 16.6. The minimum atomic E-state index is -0.389. The Morgan fingerprint density at radius 1 is 1.25 bits per heavy atom. The first kappa shape index (κ1) is 10.3. The van der Waals surface area contributed by atoms with Crippen molar-refractivity contribution >= 4 is 5.69 Å². The third-order valence-electron chi connectivity index (χ3n) is 2.23. The van der Waals surface area contributed by atoms with Crippen molar-refractivity contribution in [1.82, 2.24) is 4.98 Å². The fourth-order valence-corrected chi connectivity index (χ4v) is 1.55. The molecular weight excluding hydrogens is 204 g/mol. The standard InChI is InChI=1S/C12H10N2O2/c1-9-6-10(8-11(7-9)14(15)16)12-4-2-3-5-13-12/h2-8H,1H3. The molecule has 4 heteroatoms. The highest BCUT2D eigenvalue weighted by Gasteiger charge is 2.09. The van der Waals surface area contributed by atoms with Crippen LogP contribution in [-0.2, 0) is 0 Å². The number of aromatic nitrogens is 1. The third-order valence-corrected chi connectivity index (χ3v) is 2.23. The molecule has 2 aromatic rings. The number of pyridine rings is 1. The molecule has 4 nitrogen and oxygen atoms in total. The fourth-order valence-electron chi connectivity index (χ4n) is 1.55. The predicted molar refractivity (Wildman–Crippen MR) is 61.1 cm³/mol. The van der Waals surface area contributed by atoms with Gasteiger partial charge in [-0.15, -0.1) is 0 Å². The van der Waals surface area contributed by atoms with E-state index in [1.165, 1.54) is 6.07 Å². The summed E-state index contributed by atoms with van der Waals surface area (Å²) in [7, 11) is 0. The van der Waals surface area contributed by atoms with Crippen molar-refractivity contribution in [2.45, 2.75) is 6.92 Å². The average Bonchev–Trinajstić information content (AvgIpc) is 2.29. The Bertz CT molecular complexity index is 524. The highest BCUT2D eigenvalue weighted by molar-refractivity contribution is 5.63. The maximum atomic E-state index is 10.7. The zero-order valence-electron chi connectivity index (χ0n) is 8.75. The highest BCUT2D eigenvalue weighted by Crippen LogP contribution is 2.23. The zero-order chi connectivity index (χ0) is 11.5. The monoisotopic (exact) mass is 214 g/mol. The van der Waals surface area contributed by atoms with Gasteiger partial charge in [0.2, 0.25) is 0 Å². The summed E-state index contributed by atoms with van der Waals surface area (Å²) in [5, 5.41) is 10.7. The van der Waals surface area contributed by atoms with Crippen LogP contribution in [0.15, 0.2) is 42.6 Å². The number of nitro groups is 1. The van der Waals surface area contributed by atoms with Gasteiger partial charge in [-0.2, -0.15) is 0 Å². The molecule has 1 aromatic heterocycles. The molecule has 0 unspecified atom stereocenters. The number of rotatable bonds is 2. The summed E-state index contributed by atoms with van der Waals surface area (Å²) in [5.41, 5.74) is 2.47. The summed E-state index contributed by atoms with van der Waals surface area (Å²) in [4.78, 5) is 14.5. The number of hydrogen-bond acceptors (Lipinski definition) is 3. The molecule has 0 amide bonds. The van der Waals surface area contributed by atoms with Crippen molar-refractivity contribution < 1.29 is 4.92 Å². The van der Waals surface area contributed by atoms with E-state index >= 15 is 0 Å². The van der Waals surface area contributed by atoms with Crippen molar-refractivity contribution in [1.29, 1.82) is 0 Å². The smallest absolute Gasteiger partial charge is 0.258 e. The van der Waals surface area contributed by atoms with Crippen molar-refractivity contribution in [2.75, 3.05) is 0 Å². The molecule has 1 heterocycles. The lowest BCUT2D eigenvalue weighted by atomic mass is 10.1. The molecule has 0 radical (unpaired) electrons. The summed E-state index contributed by atoms with van der Waals surface area (Å²) >= 11 is 0. The number of nitrogens with zero attached hydrogens (tertiary/aromatic N) is 2. The summed E-state index contributed by atoms with van der Waals surface area (Å²) < 4.78 is 0. The van der Waals surface area contributed by atoms with Gasteiger partial charge < -0.3 is 0 Å². The molecule has 0 aliphatic rings. The first-order valence-corrected chi connectivity index (χ1v) is 4.84. The number of nitro benzene ring substituents is 1. The van der Waals surface area contributed by atoms with Gasteiger partial charge >= 0.3 is 0 Å². The van der Waals surface area contributed by atoms with E-state index in [4.69, 9.17) is 0 Å². The molecule has 80 valence electrons. The molecule has 0 spiro atoms. The van der Waals surface area contributed by atoms with Crippen LogP contribution in [0.3, 0.4) is 0 Å². The molecule has 0 saturated carbocycles. The molecule has 0 N–H and O–H groups in total. The molecule has 0 bridgehead atoms. The normalized spacial score (nSPS) is 10.1. The van der Waals surface area contributed by atoms with Crippen LogP contribution in [0.5, 0.6) is 0 Å². The molecule has 0 atom stereocenters. The lowest BCUT2D eigenvalue weighted by Gasteiger charge is -2.02. The van der Waals surface area contributed by atoms with Crippen molar-refractivity contribution in [3.05, 3.63) is 58.3 Å². The van der Waals surface area contributed by atoms with Gasteiger partial charge in [-0.25, -0.2) is 0 Å². The van der Waals surface area contributed by atoms with Gasteiger partial charge in [0.05, 0.1) is 10.6 Å². The Morgan fingerprint density at radius 2 is 2.06 bits per heavy atom. The van der Waals surface area contributed by atoms with E-state index in [1.54, 1.807) is 12.3 Å². The van der Waals surface area contributed by atoms with Crippen molar-refractivity contribution in [2.24, 2.45) is 0 Å². The largest absolute Gasteiger partial charge is 0.270 e. The Hall–Kier alpha value is -2.23. The van der Waals surface area contributed by atoms with E-state index < -0.39 is 0 Å². The van der Waals surface area contributed by atoms with Gasteiger partial charge in [0.15, 0.2) is 0 Å². The van der Waals surface area contributed by atoms with Gasteiger partial charge in [-0.3, -0.25) is 15.1 Å². The second-order valence-electron chi connectivity index (χ2n) is 3.53. The van der Waals surface area contributed by atoms with E-state index in [-0.39, 0.29) is 10.6 Å². The van der Waals surface area contributed by atoms with Crippen LogP contribution in [0.1, 0.15) is 5.56 Å². The Labute approximate surface area is 92.7 Å². The molecule has 0 fully saturated rings. The van der Waals surface area contributed by atoms with E-state index in [0.29, 0.717) is 0 Å². The molecule has 0 aliphatic carbocycles. The maximum absolute atomic E-state index is 10.7. The Kier molecular flexibility index (Phi) is 2.64. The Balaban J connectivity index is 2.54. The van der Waals surface area contributed by atoms with Gasteiger partial charge in [0.1, 0.15) is 0 Å². The number of non-ortho nitro benzene ring substituents is 1. The van der Waals surface area contributed by atoms with Crippen LogP contribution in [0.4, 0.5) is 5.69 Å². The minimum Gasteiger partial charge on any atom is -0.258 e. The van der Waals surface area contributed by atoms with Gasteiger partial charge in [-0.05, 0) is 30.7 Å². The predicted octanol–water partition coefficient (Wildman–Crippen LogP) is 2.97. The average molecular weight is 214 g/mol. The Morgan fingerprint density at radius 3 is 2.69 bits per heavy atom. The second-order valence-corrected chi connectivity index (χ2v) is 3.53. The van der Waals surface area contributed by atoms with Gasteiger partial charge in [0.25, 0.3) is 5.69 Å². The summed E-state index contributed by atoms with van der Waals surface area (Å²) in [6.45, 7) is 1.83. The summed E-state index contributed by atoms with van der Waals surface area (Å²) in [5.74, 6) is 0. The fraction of sp³-hybridized carbons (Fsp3) is 0.0833. The first-order valence-electron chi connectivity index (χ1n) is 4.84. The van der Waals surface area contributed by atoms with Crippen LogP contribution in [0, 0.1) is 17.0 Å². The van der Waals surface area contributed by atoms with E-state index in [1.807, 2.05) is 31.2 Å². The molecule has 0 aliphatic heterocycles. The summed E-state index contributed by atoms with van der Waals surface area (Å²) in [6, 6.07) is 10.5. The number of aryl methyl sites for hydroxylation is 1. The number of benzene rings is 1. The van der Waals surface area contributed by atoms with E-state index in [0.717, 1.165) is 16.8 Å². The first-order chi connectivity index (χ1) is 7.66. The lowest BCUT2D eigenvalue weighted by Crippen LogP contribution is -1.91. The van der Waals surface area contributed by atoms with Crippen LogP contribution in [0.25, 0.3) is 11.3 Å². The maximum Gasteiger partial charge on any atom is 0.270 e. The quantitative estimate of drug-likeness (QED) is 0.570. The van der Waals surface area contributed by atoms with Crippen molar-refractivity contribution in [3.8, 4) is 11.3 Å². The third kappa shape index (κ3) is 2.06. The minimum absolute atomic E-state index is 0.0978.